The average Bonchev–Trinajstić information content (AvgIpc) is 2.23. The van der Waals surface area contributed by atoms with Crippen LogP contribution in [0.3, 0.4) is 0 Å². The molecular weight excluding hydrogens is 196 g/mol. The Morgan fingerprint density at radius 3 is 2.27 bits per heavy atom. The Kier molecular flexibility index (Phi) is 5.93. The van der Waals surface area contributed by atoms with Gasteiger partial charge in [0.2, 0.25) is 5.91 Å². The molecule has 1 amide bonds. The van der Waals surface area contributed by atoms with Crippen molar-refractivity contribution in [2.45, 2.75) is 39.3 Å². The summed E-state index contributed by atoms with van der Waals surface area (Å²) in [6.07, 6.45) is 0.777. The molecule has 15 heavy (non-hydrogen) atoms. The van der Waals surface area contributed by atoms with Gasteiger partial charge in [-0.1, -0.05) is 20.3 Å². The van der Waals surface area contributed by atoms with Gasteiger partial charge in [0.1, 0.15) is 6.04 Å². The third-order valence-electron chi connectivity index (χ3n) is 2.38. The van der Waals surface area contributed by atoms with E-state index < -0.39 is 18.1 Å². The number of hydrogen-bond donors (Lipinski definition) is 2. The van der Waals surface area contributed by atoms with Gasteiger partial charge in [-0.15, -0.1) is 0 Å². The SMILES string of the molecule is CCC(C)[C@H](NC(=O)[C@H](C)N)C(=O)OC. The van der Waals surface area contributed by atoms with Gasteiger partial charge < -0.3 is 15.8 Å². The molecule has 0 heterocycles. The minimum atomic E-state index is -0.624. The van der Waals surface area contributed by atoms with Crippen LogP contribution in [0.25, 0.3) is 0 Å². The first-order valence-electron chi connectivity index (χ1n) is 5.07. The molecule has 0 saturated carbocycles. The van der Waals surface area contributed by atoms with E-state index in [9.17, 15) is 9.59 Å². The molecule has 5 nitrogen and oxygen atoms in total. The zero-order valence-electron chi connectivity index (χ0n) is 9.74. The van der Waals surface area contributed by atoms with Gasteiger partial charge in [-0.05, 0) is 12.8 Å². The van der Waals surface area contributed by atoms with Crippen molar-refractivity contribution in [1.29, 1.82) is 0 Å². The van der Waals surface area contributed by atoms with Gasteiger partial charge in [0.25, 0.3) is 0 Å². The molecule has 0 spiro atoms. The molecule has 0 saturated heterocycles. The summed E-state index contributed by atoms with van der Waals surface area (Å²) in [6.45, 7) is 5.39. The summed E-state index contributed by atoms with van der Waals surface area (Å²) in [7, 11) is 1.30. The number of nitrogens with one attached hydrogen (secondary N) is 1. The van der Waals surface area contributed by atoms with Crippen molar-refractivity contribution in [3.05, 3.63) is 0 Å². The molecule has 0 aromatic rings. The van der Waals surface area contributed by atoms with Gasteiger partial charge in [0, 0.05) is 0 Å². The fourth-order valence-corrected chi connectivity index (χ4v) is 1.08. The highest BCUT2D eigenvalue weighted by molar-refractivity contribution is 5.87. The molecule has 0 bridgehead atoms. The van der Waals surface area contributed by atoms with E-state index in [-0.39, 0.29) is 11.8 Å². The summed E-state index contributed by atoms with van der Waals surface area (Å²) in [6, 6.07) is -1.24. The lowest BCUT2D eigenvalue weighted by atomic mass is 9.99. The van der Waals surface area contributed by atoms with Crippen LogP contribution in [0.4, 0.5) is 0 Å². The van der Waals surface area contributed by atoms with E-state index in [2.05, 4.69) is 10.1 Å². The lowest BCUT2D eigenvalue weighted by molar-refractivity contribution is -0.146. The number of carbonyl (C=O) groups excluding carboxylic acids is 2. The van der Waals surface area contributed by atoms with Crippen LogP contribution < -0.4 is 11.1 Å². The molecule has 3 N–H and O–H groups in total. The summed E-state index contributed by atoms with van der Waals surface area (Å²) >= 11 is 0. The van der Waals surface area contributed by atoms with Crippen molar-refractivity contribution in [3.8, 4) is 0 Å². The first-order chi connectivity index (χ1) is 6.93. The summed E-state index contributed by atoms with van der Waals surface area (Å²) in [5.74, 6) is -0.746. The van der Waals surface area contributed by atoms with Crippen LogP contribution in [0.15, 0.2) is 0 Å². The number of rotatable bonds is 5. The maximum Gasteiger partial charge on any atom is 0.328 e. The zero-order valence-corrected chi connectivity index (χ0v) is 9.74. The Bertz CT molecular complexity index is 229. The van der Waals surface area contributed by atoms with Crippen molar-refractivity contribution < 1.29 is 14.3 Å². The minimum absolute atomic E-state index is 0.0279. The maximum absolute atomic E-state index is 11.4. The monoisotopic (exact) mass is 216 g/mol. The van der Waals surface area contributed by atoms with Crippen molar-refractivity contribution in [2.75, 3.05) is 7.11 Å². The molecular formula is C10H20N2O3. The lowest BCUT2D eigenvalue weighted by Gasteiger charge is -2.22. The smallest absolute Gasteiger partial charge is 0.328 e. The highest BCUT2D eigenvalue weighted by atomic mass is 16.5. The molecule has 0 aliphatic heterocycles. The van der Waals surface area contributed by atoms with Gasteiger partial charge in [-0.2, -0.15) is 0 Å². The summed E-state index contributed by atoms with van der Waals surface area (Å²) < 4.78 is 4.62. The van der Waals surface area contributed by atoms with E-state index in [0.717, 1.165) is 6.42 Å². The van der Waals surface area contributed by atoms with Crippen LogP contribution in [0, 0.1) is 5.92 Å². The van der Waals surface area contributed by atoms with Crippen LogP contribution in [-0.2, 0) is 14.3 Å². The largest absolute Gasteiger partial charge is 0.467 e. The Balaban J connectivity index is 4.51. The molecule has 5 heteroatoms. The van der Waals surface area contributed by atoms with E-state index in [4.69, 9.17) is 5.73 Å². The molecule has 3 atom stereocenters. The number of amides is 1. The summed E-state index contributed by atoms with van der Waals surface area (Å²) in [5, 5.41) is 2.58. The van der Waals surface area contributed by atoms with Gasteiger partial charge in [-0.25, -0.2) is 4.79 Å². The summed E-state index contributed by atoms with van der Waals surface area (Å²) in [5.41, 5.74) is 5.40. The molecule has 1 unspecified atom stereocenters. The van der Waals surface area contributed by atoms with Gasteiger partial charge >= 0.3 is 5.97 Å². The van der Waals surface area contributed by atoms with E-state index in [1.807, 2.05) is 13.8 Å². The first kappa shape index (κ1) is 13.9. The molecule has 0 aliphatic carbocycles. The second-order valence-corrected chi connectivity index (χ2v) is 3.68. The predicted octanol–water partition coefficient (Wildman–Crippen LogP) is 0.0375. The van der Waals surface area contributed by atoms with Gasteiger partial charge in [0.15, 0.2) is 0 Å². The number of ether oxygens (including phenoxy) is 1. The third kappa shape index (κ3) is 4.29. The second kappa shape index (κ2) is 6.40. The van der Waals surface area contributed by atoms with Crippen molar-refractivity contribution in [1.82, 2.24) is 5.32 Å². The average molecular weight is 216 g/mol. The molecule has 0 aromatic heterocycles. The molecule has 0 rings (SSSR count). The van der Waals surface area contributed by atoms with Gasteiger partial charge in [-0.3, -0.25) is 4.79 Å². The molecule has 0 fully saturated rings. The first-order valence-corrected chi connectivity index (χ1v) is 5.07. The van der Waals surface area contributed by atoms with Gasteiger partial charge in [0.05, 0.1) is 13.2 Å². The fraction of sp³-hybridized carbons (Fsp3) is 0.800. The molecule has 88 valence electrons. The minimum Gasteiger partial charge on any atom is -0.467 e. The van der Waals surface area contributed by atoms with Crippen LogP contribution >= 0.6 is 0 Å². The second-order valence-electron chi connectivity index (χ2n) is 3.68. The fourth-order valence-electron chi connectivity index (χ4n) is 1.08. The zero-order chi connectivity index (χ0) is 12.0. The summed E-state index contributed by atoms with van der Waals surface area (Å²) in [4.78, 5) is 22.7. The highest BCUT2D eigenvalue weighted by Gasteiger charge is 2.27. The van der Waals surface area contributed by atoms with E-state index >= 15 is 0 Å². The van der Waals surface area contributed by atoms with Crippen LogP contribution in [-0.4, -0.2) is 31.1 Å². The van der Waals surface area contributed by atoms with Crippen LogP contribution in [0.5, 0.6) is 0 Å². The normalized spacial score (nSPS) is 16.3. The predicted molar refractivity (Wildman–Crippen MR) is 57.1 cm³/mol. The number of methoxy groups -OCH3 is 1. The highest BCUT2D eigenvalue weighted by Crippen LogP contribution is 2.09. The molecule has 0 radical (unpaired) electrons. The Labute approximate surface area is 90.4 Å². The molecule has 0 aliphatic rings. The molecule has 0 aromatic carbocycles. The Hall–Kier alpha value is -1.10. The van der Waals surface area contributed by atoms with E-state index in [1.165, 1.54) is 7.11 Å². The standard InChI is InChI=1S/C10H20N2O3/c1-5-6(2)8(10(14)15-4)12-9(13)7(3)11/h6-8H,5,11H2,1-4H3,(H,12,13)/t6?,7-,8-/m0/s1. The topological polar surface area (TPSA) is 81.4 Å². The van der Waals surface area contributed by atoms with E-state index in [0.29, 0.717) is 0 Å². The van der Waals surface area contributed by atoms with E-state index in [1.54, 1.807) is 6.92 Å². The van der Waals surface area contributed by atoms with Crippen LogP contribution in [0.1, 0.15) is 27.2 Å². The lowest BCUT2D eigenvalue weighted by Crippen LogP contribution is -2.50. The number of nitrogens with two attached hydrogens (primary N) is 1. The van der Waals surface area contributed by atoms with Crippen LogP contribution in [0.2, 0.25) is 0 Å². The van der Waals surface area contributed by atoms with Crippen molar-refractivity contribution in [3.63, 3.8) is 0 Å². The Morgan fingerprint density at radius 2 is 1.93 bits per heavy atom. The number of esters is 1. The van der Waals surface area contributed by atoms with Crippen molar-refractivity contribution >= 4 is 11.9 Å². The number of hydrogen-bond acceptors (Lipinski definition) is 4. The quantitative estimate of drug-likeness (QED) is 0.636. The van der Waals surface area contributed by atoms with Crippen molar-refractivity contribution in [2.24, 2.45) is 11.7 Å². The Morgan fingerprint density at radius 1 is 1.40 bits per heavy atom. The third-order valence-corrected chi connectivity index (χ3v) is 2.38. The maximum atomic E-state index is 11.4. The number of carbonyl (C=O) groups is 2.